The van der Waals surface area contributed by atoms with Gasteiger partial charge in [0, 0.05) is 5.56 Å². The number of carbonyl (C=O) groups is 2. The Balaban J connectivity index is 2.20. The van der Waals surface area contributed by atoms with Crippen LogP contribution in [-0.2, 0) is 4.79 Å². The zero-order valence-corrected chi connectivity index (χ0v) is 13.6. The molecule has 0 spiro atoms. The molecule has 0 atom stereocenters. The van der Waals surface area contributed by atoms with Crippen molar-refractivity contribution in [2.75, 3.05) is 6.73 Å². The lowest BCUT2D eigenvalue weighted by Crippen LogP contribution is -3.27. The van der Waals surface area contributed by atoms with E-state index in [4.69, 9.17) is 4.74 Å². The second-order valence-electron chi connectivity index (χ2n) is 7.21. The number of quaternary nitrogens is 1. The van der Waals surface area contributed by atoms with Gasteiger partial charge in [-0.05, 0) is 39.8 Å². The summed E-state index contributed by atoms with van der Waals surface area (Å²) in [5.41, 5.74) is -0.463. The van der Waals surface area contributed by atoms with E-state index in [9.17, 15) is 14.7 Å². The number of nitrogens with one attached hydrogen (secondary N) is 1. The number of Topliss-reactive ketones (excluding diaryl/α,β-unsaturated/α-hetero) is 1. The lowest BCUT2D eigenvalue weighted by atomic mass is 9.79. The Bertz CT molecular complexity index is 572. The predicted octanol–water partition coefficient (Wildman–Crippen LogP) is 0.191. The van der Waals surface area contributed by atoms with Gasteiger partial charge in [-0.1, -0.05) is 12.1 Å². The van der Waals surface area contributed by atoms with Gasteiger partial charge in [0.05, 0.1) is 18.8 Å². The minimum absolute atomic E-state index is 0.0469. The van der Waals surface area contributed by atoms with Crippen molar-refractivity contribution >= 4 is 11.8 Å². The normalized spacial score (nSPS) is 20.6. The number of hydrogen-bond acceptors (Lipinski definition) is 4. The molecule has 1 aromatic carbocycles. The van der Waals surface area contributed by atoms with Crippen LogP contribution >= 0.6 is 0 Å². The fraction of sp³-hybridized carbons (Fsp3) is 0.529. The van der Waals surface area contributed by atoms with Crippen molar-refractivity contribution in [1.82, 2.24) is 0 Å². The Morgan fingerprint density at radius 1 is 1.18 bits per heavy atom. The number of aromatic carboxylic acids is 1. The highest BCUT2D eigenvalue weighted by Crippen LogP contribution is 2.21. The number of benzene rings is 1. The average molecular weight is 305 g/mol. The lowest BCUT2D eigenvalue weighted by Gasteiger charge is -2.48. The molecule has 1 aliphatic heterocycles. The van der Waals surface area contributed by atoms with E-state index in [-0.39, 0.29) is 22.4 Å². The number of carbonyl (C=O) groups excluding carboxylic acids is 2. The third-order valence-corrected chi connectivity index (χ3v) is 4.39. The van der Waals surface area contributed by atoms with Crippen molar-refractivity contribution in [3.8, 4) is 5.75 Å². The van der Waals surface area contributed by atoms with E-state index >= 15 is 0 Å². The molecule has 0 aromatic heterocycles. The summed E-state index contributed by atoms with van der Waals surface area (Å²) in [7, 11) is 0. The summed E-state index contributed by atoms with van der Waals surface area (Å²) in [5, 5.41) is 11.1. The molecule has 0 aliphatic carbocycles. The molecular formula is C17H23NO4. The Morgan fingerprint density at radius 2 is 1.73 bits per heavy atom. The number of likely N-dealkylation sites (tertiary alicyclic amines) is 1. The summed E-state index contributed by atoms with van der Waals surface area (Å²) < 4.78 is 5.78. The first kappa shape index (κ1) is 16.5. The van der Waals surface area contributed by atoms with Crippen LogP contribution in [0.5, 0.6) is 5.75 Å². The molecule has 1 aliphatic rings. The average Bonchev–Trinajstić information content (AvgIpc) is 2.35. The molecular weight excluding hydrogens is 282 g/mol. The van der Waals surface area contributed by atoms with E-state index in [0.29, 0.717) is 25.3 Å². The summed E-state index contributed by atoms with van der Waals surface area (Å²) >= 11 is 0. The van der Waals surface area contributed by atoms with Crippen LogP contribution < -0.4 is 14.7 Å². The number of piperidine rings is 1. The van der Waals surface area contributed by atoms with Gasteiger partial charge in [0.25, 0.3) is 0 Å². The molecule has 0 saturated carbocycles. The van der Waals surface area contributed by atoms with Crippen molar-refractivity contribution < 1.29 is 24.3 Å². The summed E-state index contributed by atoms with van der Waals surface area (Å²) in [5.74, 6) is -0.690. The van der Waals surface area contributed by atoms with Gasteiger partial charge >= 0.3 is 0 Å². The van der Waals surface area contributed by atoms with Gasteiger partial charge in [0.2, 0.25) is 6.73 Å². The Hall–Kier alpha value is -1.88. The molecule has 0 unspecified atom stereocenters. The Kier molecular flexibility index (Phi) is 4.29. The van der Waals surface area contributed by atoms with E-state index in [1.54, 1.807) is 18.2 Å². The standard InChI is InChI=1S/C17H23NO4/c1-16(2)9-12(19)10-17(3,4)18(16)11-22-14-8-6-5-7-13(14)15(20)21/h5-8H,9-11H2,1-4H3,(H,20,21). The van der Waals surface area contributed by atoms with Crippen molar-refractivity contribution in [2.24, 2.45) is 0 Å². The molecule has 0 amide bonds. The molecule has 5 heteroatoms. The van der Waals surface area contributed by atoms with Crippen LogP contribution in [0, 0.1) is 0 Å². The van der Waals surface area contributed by atoms with Gasteiger partial charge in [0.1, 0.15) is 22.6 Å². The van der Waals surface area contributed by atoms with Crippen LogP contribution in [-0.4, -0.2) is 29.6 Å². The highest BCUT2D eigenvalue weighted by Gasteiger charge is 2.49. The van der Waals surface area contributed by atoms with Crippen molar-refractivity contribution in [3.63, 3.8) is 0 Å². The number of hydrogen-bond donors (Lipinski definition) is 1. The molecule has 22 heavy (non-hydrogen) atoms. The highest BCUT2D eigenvalue weighted by molar-refractivity contribution is 5.89. The summed E-state index contributed by atoms with van der Waals surface area (Å²) in [6.07, 6.45) is 0.995. The maximum Gasteiger partial charge on any atom is 0.223 e. The first-order valence-corrected chi connectivity index (χ1v) is 7.45. The molecule has 1 fully saturated rings. The van der Waals surface area contributed by atoms with Gasteiger partial charge in [-0.15, -0.1) is 0 Å². The number of carboxylic acid groups (broad SMARTS) is 1. The van der Waals surface area contributed by atoms with E-state index in [2.05, 4.69) is 0 Å². The fourth-order valence-electron chi connectivity index (χ4n) is 3.48. The maximum absolute atomic E-state index is 11.9. The Morgan fingerprint density at radius 3 is 2.27 bits per heavy atom. The van der Waals surface area contributed by atoms with Gasteiger partial charge < -0.3 is 14.6 Å². The van der Waals surface area contributed by atoms with Gasteiger partial charge in [-0.2, -0.15) is 0 Å². The van der Waals surface area contributed by atoms with Crippen molar-refractivity contribution in [1.29, 1.82) is 0 Å². The molecule has 0 bridgehead atoms. The van der Waals surface area contributed by atoms with E-state index < -0.39 is 5.97 Å². The smallest absolute Gasteiger partial charge is 0.223 e. The number of rotatable bonds is 4. The van der Waals surface area contributed by atoms with Gasteiger partial charge in [-0.25, -0.2) is 0 Å². The van der Waals surface area contributed by atoms with E-state index in [0.717, 1.165) is 4.90 Å². The molecule has 2 rings (SSSR count). The second-order valence-corrected chi connectivity index (χ2v) is 7.21. The number of ether oxygens (including phenoxy) is 1. The molecule has 1 saturated heterocycles. The summed E-state index contributed by atoms with van der Waals surface area (Å²) in [6.45, 7) is 8.45. The van der Waals surface area contributed by atoms with Crippen molar-refractivity contribution in [3.05, 3.63) is 29.8 Å². The van der Waals surface area contributed by atoms with Crippen LogP contribution in [0.1, 0.15) is 50.9 Å². The first-order chi connectivity index (χ1) is 10.1. The monoisotopic (exact) mass is 305 g/mol. The quantitative estimate of drug-likeness (QED) is 0.862. The number of ketones is 1. The van der Waals surface area contributed by atoms with Crippen LogP contribution in [0.4, 0.5) is 0 Å². The fourth-order valence-corrected chi connectivity index (χ4v) is 3.48. The minimum Gasteiger partial charge on any atom is -0.545 e. The minimum atomic E-state index is -1.25. The highest BCUT2D eigenvalue weighted by atomic mass is 16.5. The molecule has 120 valence electrons. The third kappa shape index (κ3) is 3.30. The summed E-state index contributed by atoms with van der Waals surface area (Å²) in [6, 6.07) is 6.46. The van der Waals surface area contributed by atoms with Gasteiger partial charge in [-0.3, -0.25) is 9.69 Å². The molecule has 1 N–H and O–H groups in total. The lowest BCUT2D eigenvalue weighted by molar-refractivity contribution is -1.01. The zero-order chi connectivity index (χ0) is 16.5. The molecule has 1 heterocycles. The zero-order valence-electron chi connectivity index (χ0n) is 13.6. The van der Waals surface area contributed by atoms with Crippen molar-refractivity contribution in [2.45, 2.75) is 51.6 Å². The maximum atomic E-state index is 11.9. The number of para-hydroxylation sites is 1. The molecule has 0 radical (unpaired) electrons. The van der Waals surface area contributed by atoms with Crippen LogP contribution in [0.2, 0.25) is 0 Å². The topological polar surface area (TPSA) is 70.9 Å². The predicted molar refractivity (Wildman–Crippen MR) is 79.6 cm³/mol. The number of carboxylic acids is 1. The SMILES string of the molecule is CC1(C)CC(=O)CC(C)(C)[NH+]1COc1ccccc1C(=O)[O-]. The largest absolute Gasteiger partial charge is 0.545 e. The molecule has 5 nitrogen and oxygen atoms in total. The third-order valence-electron chi connectivity index (χ3n) is 4.39. The summed E-state index contributed by atoms with van der Waals surface area (Å²) in [4.78, 5) is 24.2. The van der Waals surface area contributed by atoms with Crippen LogP contribution in [0.25, 0.3) is 0 Å². The molecule has 1 aromatic rings. The van der Waals surface area contributed by atoms with Gasteiger partial charge in [0.15, 0.2) is 0 Å². The van der Waals surface area contributed by atoms with Crippen LogP contribution in [0.15, 0.2) is 24.3 Å². The second kappa shape index (κ2) is 5.72. The Labute approximate surface area is 130 Å². The van der Waals surface area contributed by atoms with E-state index in [1.165, 1.54) is 6.07 Å². The first-order valence-electron chi connectivity index (χ1n) is 7.45. The van der Waals surface area contributed by atoms with E-state index in [1.807, 2.05) is 27.7 Å². The van der Waals surface area contributed by atoms with Crippen LogP contribution in [0.3, 0.4) is 0 Å².